The Hall–Kier alpha value is -2.77. The molecule has 0 aromatic heterocycles. The molecule has 182 valence electrons. The number of amides is 2. The first-order valence-electron chi connectivity index (χ1n) is 12.6. The maximum absolute atomic E-state index is 12.3. The van der Waals surface area contributed by atoms with Crippen molar-refractivity contribution in [2.45, 2.75) is 18.9 Å². The number of rotatable bonds is 7. The van der Waals surface area contributed by atoms with E-state index in [1.54, 1.807) is 7.11 Å². The largest absolute Gasteiger partial charge is 0.495 e. The molecule has 7 heteroatoms. The van der Waals surface area contributed by atoms with Crippen molar-refractivity contribution in [3.63, 3.8) is 0 Å². The second-order valence-corrected chi connectivity index (χ2v) is 9.85. The number of urea groups is 1. The first kappa shape index (κ1) is 23.0. The van der Waals surface area contributed by atoms with E-state index in [9.17, 15) is 4.79 Å². The highest BCUT2D eigenvalue weighted by molar-refractivity contribution is 5.89. The van der Waals surface area contributed by atoms with Crippen LogP contribution >= 0.6 is 0 Å². The standard InChI is InChI=1S/C27H37N5O2/c1-34-26-10-6-5-9-25(26)31-15-13-30(14-16-31)19-22-20-32-12-11-21(22)17-24(32)18-28-27(33)29-23-7-3-2-4-8-23/h2-10,21-22,24H,11-20H2,1H3,(H2,28,29,33)/t21-,22+,24+/m0/s1. The second kappa shape index (κ2) is 10.7. The van der Waals surface area contributed by atoms with E-state index < -0.39 is 0 Å². The third-order valence-corrected chi connectivity index (χ3v) is 7.83. The molecule has 2 aromatic rings. The summed E-state index contributed by atoms with van der Waals surface area (Å²) in [4.78, 5) is 20.0. The molecule has 34 heavy (non-hydrogen) atoms. The molecule has 2 aromatic carbocycles. The highest BCUT2D eigenvalue weighted by Crippen LogP contribution is 2.37. The van der Waals surface area contributed by atoms with Crippen LogP contribution in [0.3, 0.4) is 0 Å². The number of piperazine rings is 1. The van der Waals surface area contributed by atoms with Gasteiger partial charge in [-0.25, -0.2) is 4.79 Å². The number of carbonyl (C=O) groups is 1. The van der Waals surface area contributed by atoms with Crippen LogP contribution in [0, 0.1) is 11.8 Å². The summed E-state index contributed by atoms with van der Waals surface area (Å²) < 4.78 is 5.56. The number of anilines is 2. The number of nitrogens with zero attached hydrogens (tertiary/aromatic N) is 3. The van der Waals surface area contributed by atoms with Crippen molar-refractivity contribution in [2.75, 3.05) is 69.7 Å². The van der Waals surface area contributed by atoms with Gasteiger partial charge in [0.1, 0.15) is 5.75 Å². The predicted octanol–water partition coefficient (Wildman–Crippen LogP) is 3.35. The van der Waals surface area contributed by atoms with E-state index in [1.165, 1.54) is 25.1 Å². The van der Waals surface area contributed by atoms with Crippen molar-refractivity contribution in [2.24, 2.45) is 11.8 Å². The Kier molecular flexibility index (Phi) is 7.21. The summed E-state index contributed by atoms with van der Waals surface area (Å²) in [7, 11) is 1.75. The summed E-state index contributed by atoms with van der Waals surface area (Å²) in [5, 5.41) is 6.02. The predicted molar refractivity (Wildman–Crippen MR) is 137 cm³/mol. The van der Waals surface area contributed by atoms with Gasteiger partial charge >= 0.3 is 6.03 Å². The molecule has 4 saturated heterocycles. The molecular weight excluding hydrogens is 426 g/mol. The van der Waals surface area contributed by atoms with Crippen molar-refractivity contribution in [3.05, 3.63) is 54.6 Å². The SMILES string of the molecule is COc1ccccc1N1CCN(C[C@@H]2CN3CC[C@H]2C[C@@H]3CNC(=O)Nc2ccccc2)CC1. The summed E-state index contributed by atoms with van der Waals surface area (Å²) in [6.07, 6.45) is 2.48. The number of methoxy groups -OCH3 is 1. The first-order chi connectivity index (χ1) is 16.7. The molecule has 0 aliphatic carbocycles. The summed E-state index contributed by atoms with van der Waals surface area (Å²) in [6, 6.07) is 18.3. The summed E-state index contributed by atoms with van der Waals surface area (Å²) in [5.74, 6) is 2.47. The van der Waals surface area contributed by atoms with Gasteiger partial charge in [-0.15, -0.1) is 0 Å². The highest BCUT2D eigenvalue weighted by Gasteiger charge is 2.40. The van der Waals surface area contributed by atoms with Crippen LogP contribution in [0.15, 0.2) is 54.6 Å². The average molecular weight is 464 g/mol. The van der Waals surface area contributed by atoms with Crippen molar-refractivity contribution < 1.29 is 9.53 Å². The highest BCUT2D eigenvalue weighted by atomic mass is 16.5. The van der Waals surface area contributed by atoms with E-state index in [4.69, 9.17) is 4.74 Å². The molecule has 4 heterocycles. The summed E-state index contributed by atoms with van der Waals surface area (Å²) in [6.45, 7) is 8.53. The summed E-state index contributed by atoms with van der Waals surface area (Å²) in [5.41, 5.74) is 2.04. The number of carbonyl (C=O) groups excluding carboxylic acids is 1. The monoisotopic (exact) mass is 463 g/mol. The molecule has 0 spiro atoms. The Labute approximate surface area is 203 Å². The lowest BCUT2D eigenvalue weighted by Gasteiger charge is -2.51. The van der Waals surface area contributed by atoms with Gasteiger partial charge in [0.2, 0.25) is 0 Å². The van der Waals surface area contributed by atoms with Gasteiger partial charge in [-0.1, -0.05) is 30.3 Å². The Bertz CT molecular complexity index is 947. The Morgan fingerprint density at radius 2 is 1.76 bits per heavy atom. The topological polar surface area (TPSA) is 60.1 Å². The molecule has 4 fully saturated rings. The van der Waals surface area contributed by atoms with Crippen LogP contribution in [0.2, 0.25) is 0 Å². The molecule has 6 rings (SSSR count). The van der Waals surface area contributed by atoms with E-state index in [1.807, 2.05) is 42.5 Å². The van der Waals surface area contributed by atoms with E-state index in [-0.39, 0.29) is 6.03 Å². The molecule has 7 nitrogen and oxygen atoms in total. The van der Waals surface area contributed by atoms with Crippen molar-refractivity contribution in [3.8, 4) is 5.75 Å². The zero-order valence-electron chi connectivity index (χ0n) is 20.2. The number of benzene rings is 2. The number of hydrogen-bond donors (Lipinski definition) is 2. The van der Waals surface area contributed by atoms with Gasteiger partial charge in [0.25, 0.3) is 0 Å². The van der Waals surface area contributed by atoms with E-state index in [2.05, 4.69) is 37.5 Å². The number of nitrogens with one attached hydrogen (secondary N) is 2. The Morgan fingerprint density at radius 1 is 1.00 bits per heavy atom. The molecule has 1 unspecified atom stereocenters. The molecule has 2 N–H and O–H groups in total. The minimum absolute atomic E-state index is 0.113. The number of ether oxygens (including phenoxy) is 1. The fourth-order valence-corrected chi connectivity index (χ4v) is 5.97. The Balaban J connectivity index is 1.07. The fraction of sp³-hybridized carbons (Fsp3) is 0.519. The molecule has 2 bridgehead atoms. The number of hydrogen-bond acceptors (Lipinski definition) is 5. The van der Waals surface area contributed by atoms with Crippen LogP contribution in [-0.4, -0.2) is 81.3 Å². The molecule has 2 amide bonds. The van der Waals surface area contributed by atoms with Crippen molar-refractivity contribution >= 4 is 17.4 Å². The maximum atomic E-state index is 12.3. The normalized spacial score (nSPS) is 26.8. The third kappa shape index (κ3) is 5.31. The molecular formula is C27H37N5O2. The lowest BCUT2D eigenvalue weighted by Crippen LogP contribution is -2.59. The molecule has 4 aliphatic rings. The fourth-order valence-electron chi connectivity index (χ4n) is 5.97. The number of piperidine rings is 3. The van der Waals surface area contributed by atoms with Gasteiger partial charge in [0.05, 0.1) is 12.8 Å². The Morgan fingerprint density at radius 3 is 2.50 bits per heavy atom. The van der Waals surface area contributed by atoms with Crippen LogP contribution in [-0.2, 0) is 0 Å². The third-order valence-electron chi connectivity index (χ3n) is 7.83. The van der Waals surface area contributed by atoms with Gasteiger partial charge in [0, 0.05) is 57.5 Å². The summed E-state index contributed by atoms with van der Waals surface area (Å²) >= 11 is 0. The van der Waals surface area contributed by atoms with E-state index in [0.717, 1.165) is 69.1 Å². The van der Waals surface area contributed by atoms with Crippen LogP contribution in [0.5, 0.6) is 5.75 Å². The van der Waals surface area contributed by atoms with E-state index >= 15 is 0 Å². The zero-order valence-corrected chi connectivity index (χ0v) is 20.2. The lowest BCUT2D eigenvalue weighted by molar-refractivity contribution is -0.0114. The van der Waals surface area contributed by atoms with Crippen LogP contribution in [0.25, 0.3) is 0 Å². The second-order valence-electron chi connectivity index (χ2n) is 9.85. The van der Waals surface area contributed by atoms with Gasteiger partial charge in [-0.3, -0.25) is 9.80 Å². The quantitative estimate of drug-likeness (QED) is 0.660. The van der Waals surface area contributed by atoms with E-state index in [0.29, 0.717) is 6.04 Å². The molecule has 4 atom stereocenters. The molecule has 0 saturated carbocycles. The van der Waals surface area contributed by atoms with Gasteiger partial charge in [0.15, 0.2) is 0 Å². The van der Waals surface area contributed by atoms with Gasteiger partial charge < -0.3 is 20.3 Å². The molecule has 4 aliphatic heterocycles. The molecule has 0 radical (unpaired) electrons. The lowest BCUT2D eigenvalue weighted by atomic mass is 9.75. The van der Waals surface area contributed by atoms with Gasteiger partial charge in [-0.2, -0.15) is 0 Å². The van der Waals surface area contributed by atoms with Gasteiger partial charge in [-0.05, 0) is 55.5 Å². The number of para-hydroxylation sites is 3. The smallest absolute Gasteiger partial charge is 0.319 e. The minimum atomic E-state index is -0.113. The van der Waals surface area contributed by atoms with Crippen molar-refractivity contribution in [1.82, 2.24) is 15.1 Å². The van der Waals surface area contributed by atoms with Crippen LogP contribution < -0.4 is 20.3 Å². The average Bonchev–Trinajstić information content (AvgIpc) is 2.89. The minimum Gasteiger partial charge on any atom is -0.495 e. The van der Waals surface area contributed by atoms with Crippen LogP contribution in [0.1, 0.15) is 12.8 Å². The van der Waals surface area contributed by atoms with Crippen LogP contribution in [0.4, 0.5) is 16.2 Å². The van der Waals surface area contributed by atoms with Crippen molar-refractivity contribution in [1.29, 1.82) is 0 Å². The maximum Gasteiger partial charge on any atom is 0.319 e. The first-order valence-corrected chi connectivity index (χ1v) is 12.6. The number of fused-ring (bicyclic) bond motifs is 3. The zero-order chi connectivity index (χ0) is 23.3.